The molecule has 0 spiro atoms. The molecule has 4 atom stereocenters. The lowest BCUT2D eigenvalue weighted by Crippen LogP contribution is -2.30. The van der Waals surface area contributed by atoms with Crippen molar-refractivity contribution < 1.29 is 4.92 Å². The molecule has 2 saturated carbocycles. The fraction of sp³-hybridized carbons (Fsp3) is 0.692. The Balaban J connectivity index is 1.82. The standard InChI is InChI=1S/C13H18ClN5O2/c1-6(9-5-7-2-3-8(9)4-7)16-12-10(19(20)21)11(15)17-13(14)18-12/h6-9H,2-5H2,1H3,(H3,15,16,17,18)/t6-,7+,8+,9-/m1/s1. The van der Waals surface area contributed by atoms with Gasteiger partial charge in [0.1, 0.15) is 0 Å². The maximum absolute atomic E-state index is 11.1. The zero-order valence-corrected chi connectivity index (χ0v) is 12.5. The van der Waals surface area contributed by atoms with E-state index in [9.17, 15) is 10.1 Å². The number of rotatable bonds is 4. The average Bonchev–Trinajstić information content (AvgIpc) is 2.99. The summed E-state index contributed by atoms with van der Waals surface area (Å²) in [6, 6.07) is 0.101. The van der Waals surface area contributed by atoms with E-state index in [2.05, 4.69) is 15.3 Å². The molecule has 0 aliphatic heterocycles. The summed E-state index contributed by atoms with van der Waals surface area (Å²) in [5.74, 6) is 1.97. The zero-order valence-electron chi connectivity index (χ0n) is 11.8. The monoisotopic (exact) mass is 311 g/mol. The quantitative estimate of drug-likeness (QED) is 0.503. The Labute approximate surface area is 127 Å². The molecule has 3 rings (SSSR count). The molecule has 2 bridgehead atoms. The molecule has 0 radical (unpaired) electrons. The highest BCUT2D eigenvalue weighted by atomic mass is 35.5. The molecule has 21 heavy (non-hydrogen) atoms. The van der Waals surface area contributed by atoms with Crippen LogP contribution in [0.3, 0.4) is 0 Å². The van der Waals surface area contributed by atoms with Crippen LogP contribution in [-0.4, -0.2) is 20.9 Å². The van der Waals surface area contributed by atoms with Gasteiger partial charge in [0.25, 0.3) is 0 Å². The molecule has 1 aromatic heterocycles. The first-order valence-corrected chi connectivity index (χ1v) is 7.57. The van der Waals surface area contributed by atoms with E-state index in [0.717, 1.165) is 5.92 Å². The molecule has 8 heteroatoms. The smallest absolute Gasteiger partial charge is 0.353 e. The summed E-state index contributed by atoms with van der Waals surface area (Å²) < 4.78 is 0. The summed E-state index contributed by atoms with van der Waals surface area (Å²) in [6.45, 7) is 2.04. The number of hydrogen-bond donors (Lipinski definition) is 2. The second-order valence-electron chi connectivity index (χ2n) is 6.10. The van der Waals surface area contributed by atoms with Gasteiger partial charge in [0.2, 0.25) is 16.9 Å². The lowest BCUT2D eigenvalue weighted by atomic mass is 9.84. The lowest BCUT2D eigenvalue weighted by molar-refractivity contribution is -0.383. The number of nitrogen functional groups attached to an aromatic ring is 1. The van der Waals surface area contributed by atoms with Crippen molar-refractivity contribution >= 4 is 28.9 Å². The van der Waals surface area contributed by atoms with Gasteiger partial charge >= 0.3 is 5.69 Å². The van der Waals surface area contributed by atoms with Crippen LogP contribution in [0.2, 0.25) is 5.28 Å². The number of halogens is 1. The second kappa shape index (κ2) is 5.29. The molecule has 0 saturated heterocycles. The summed E-state index contributed by atoms with van der Waals surface area (Å²) in [6.07, 6.45) is 5.04. The van der Waals surface area contributed by atoms with E-state index in [0.29, 0.717) is 11.8 Å². The van der Waals surface area contributed by atoms with Crippen LogP contribution in [0, 0.1) is 27.9 Å². The van der Waals surface area contributed by atoms with Gasteiger partial charge in [-0.05, 0) is 55.5 Å². The molecule has 7 nitrogen and oxygen atoms in total. The molecule has 2 aliphatic rings. The number of hydrogen-bond acceptors (Lipinski definition) is 6. The van der Waals surface area contributed by atoms with Crippen molar-refractivity contribution in [3.05, 3.63) is 15.4 Å². The molecule has 3 N–H and O–H groups in total. The Morgan fingerprint density at radius 2 is 2.19 bits per heavy atom. The van der Waals surface area contributed by atoms with Crippen molar-refractivity contribution in [1.29, 1.82) is 0 Å². The summed E-state index contributed by atoms with van der Waals surface area (Å²) in [7, 11) is 0. The third-order valence-electron chi connectivity index (χ3n) is 4.87. The molecule has 2 fully saturated rings. The van der Waals surface area contributed by atoms with Gasteiger partial charge in [0.05, 0.1) is 4.92 Å². The van der Waals surface area contributed by atoms with Gasteiger partial charge in [0.15, 0.2) is 0 Å². The van der Waals surface area contributed by atoms with Gasteiger partial charge in [-0.25, -0.2) is 0 Å². The van der Waals surface area contributed by atoms with Crippen molar-refractivity contribution in [3.63, 3.8) is 0 Å². The van der Waals surface area contributed by atoms with Gasteiger partial charge in [-0.1, -0.05) is 6.42 Å². The first-order valence-electron chi connectivity index (χ1n) is 7.19. The van der Waals surface area contributed by atoms with Crippen molar-refractivity contribution in [1.82, 2.24) is 9.97 Å². The minimum Gasteiger partial charge on any atom is -0.378 e. The van der Waals surface area contributed by atoms with Crippen LogP contribution < -0.4 is 11.1 Å². The van der Waals surface area contributed by atoms with E-state index in [4.69, 9.17) is 17.3 Å². The molecule has 1 aromatic rings. The maximum atomic E-state index is 11.1. The van der Waals surface area contributed by atoms with Crippen LogP contribution in [0.1, 0.15) is 32.6 Å². The summed E-state index contributed by atoms with van der Waals surface area (Å²) in [5, 5.41) is 14.2. The largest absolute Gasteiger partial charge is 0.378 e. The van der Waals surface area contributed by atoms with Crippen LogP contribution in [0.5, 0.6) is 0 Å². The Morgan fingerprint density at radius 1 is 1.43 bits per heavy atom. The highest BCUT2D eigenvalue weighted by Crippen LogP contribution is 2.50. The highest BCUT2D eigenvalue weighted by molar-refractivity contribution is 6.28. The third kappa shape index (κ3) is 2.62. The van der Waals surface area contributed by atoms with Crippen molar-refractivity contribution in [3.8, 4) is 0 Å². The number of fused-ring (bicyclic) bond motifs is 2. The predicted molar refractivity (Wildman–Crippen MR) is 80.1 cm³/mol. The van der Waals surface area contributed by atoms with E-state index in [-0.39, 0.29) is 28.6 Å². The van der Waals surface area contributed by atoms with Crippen molar-refractivity contribution in [2.24, 2.45) is 17.8 Å². The highest BCUT2D eigenvalue weighted by Gasteiger charge is 2.42. The molecular formula is C13H18ClN5O2. The normalized spacial score (nSPS) is 28.6. The van der Waals surface area contributed by atoms with Crippen LogP contribution in [0.15, 0.2) is 0 Å². The number of nitrogens with two attached hydrogens (primary N) is 1. The van der Waals surface area contributed by atoms with E-state index >= 15 is 0 Å². The van der Waals surface area contributed by atoms with Crippen LogP contribution in [0.25, 0.3) is 0 Å². The summed E-state index contributed by atoms with van der Waals surface area (Å²) in [5.41, 5.74) is 5.30. The molecule has 2 aliphatic carbocycles. The van der Waals surface area contributed by atoms with Crippen LogP contribution in [0.4, 0.5) is 17.3 Å². The predicted octanol–water partition coefficient (Wildman–Crippen LogP) is 2.86. The first kappa shape index (κ1) is 14.3. The van der Waals surface area contributed by atoms with Gasteiger partial charge in [-0.3, -0.25) is 10.1 Å². The fourth-order valence-electron chi connectivity index (χ4n) is 3.95. The summed E-state index contributed by atoms with van der Waals surface area (Å²) >= 11 is 5.77. The average molecular weight is 312 g/mol. The Bertz CT molecular complexity index is 582. The lowest BCUT2D eigenvalue weighted by Gasteiger charge is -2.28. The van der Waals surface area contributed by atoms with Crippen LogP contribution >= 0.6 is 11.6 Å². The summed E-state index contributed by atoms with van der Waals surface area (Å²) in [4.78, 5) is 18.2. The Hall–Kier alpha value is -1.63. The van der Waals surface area contributed by atoms with Gasteiger partial charge in [0, 0.05) is 6.04 Å². The number of nitro groups is 1. The molecule has 0 amide bonds. The zero-order chi connectivity index (χ0) is 15.1. The maximum Gasteiger partial charge on any atom is 0.353 e. The first-order chi connectivity index (χ1) is 9.95. The number of nitrogens with zero attached hydrogens (tertiary/aromatic N) is 3. The van der Waals surface area contributed by atoms with E-state index in [1.807, 2.05) is 6.92 Å². The van der Waals surface area contributed by atoms with E-state index in [1.54, 1.807) is 0 Å². The van der Waals surface area contributed by atoms with Crippen molar-refractivity contribution in [2.75, 3.05) is 11.1 Å². The molecule has 0 aromatic carbocycles. The fourth-order valence-corrected chi connectivity index (χ4v) is 4.13. The topological polar surface area (TPSA) is 107 Å². The second-order valence-corrected chi connectivity index (χ2v) is 6.44. The third-order valence-corrected chi connectivity index (χ3v) is 5.03. The minimum atomic E-state index is -0.568. The molecular weight excluding hydrogens is 294 g/mol. The molecule has 0 unspecified atom stereocenters. The van der Waals surface area contributed by atoms with Gasteiger partial charge in [-0.15, -0.1) is 0 Å². The Kier molecular flexibility index (Phi) is 3.61. The number of aromatic nitrogens is 2. The molecule has 114 valence electrons. The SMILES string of the molecule is C[C@@H](Nc1nc(Cl)nc(N)c1[N+](=O)[O-])[C@H]1C[C@H]2CC[C@H]1C2. The Morgan fingerprint density at radius 3 is 2.76 bits per heavy atom. The van der Waals surface area contributed by atoms with Crippen molar-refractivity contribution in [2.45, 2.75) is 38.6 Å². The minimum absolute atomic E-state index is 0.0826. The number of nitrogens with one attached hydrogen (secondary N) is 1. The van der Waals surface area contributed by atoms with Gasteiger partial charge < -0.3 is 11.1 Å². The number of anilines is 2. The van der Waals surface area contributed by atoms with E-state index < -0.39 is 4.92 Å². The van der Waals surface area contributed by atoms with E-state index in [1.165, 1.54) is 25.7 Å². The van der Waals surface area contributed by atoms with Crippen LogP contribution in [-0.2, 0) is 0 Å². The van der Waals surface area contributed by atoms with Gasteiger partial charge in [-0.2, -0.15) is 9.97 Å². The molecule has 1 heterocycles.